The van der Waals surface area contributed by atoms with Gasteiger partial charge in [-0.15, -0.1) is 0 Å². The molecule has 0 bridgehead atoms. The minimum absolute atomic E-state index is 0.122. The van der Waals surface area contributed by atoms with Gasteiger partial charge in [-0.1, -0.05) is 23.7 Å². The number of benzene rings is 1. The van der Waals surface area contributed by atoms with Crippen molar-refractivity contribution in [2.24, 2.45) is 0 Å². The van der Waals surface area contributed by atoms with Crippen LogP contribution in [0.15, 0.2) is 24.3 Å². The van der Waals surface area contributed by atoms with Gasteiger partial charge in [0.2, 0.25) is 15.9 Å². The van der Waals surface area contributed by atoms with Gasteiger partial charge in [0, 0.05) is 38.2 Å². The van der Waals surface area contributed by atoms with Crippen LogP contribution in [-0.2, 0) is 26.0 Å². The fraction of sp³-hybridized carbons (Fsp3) is 0.533. The van der Waals surface area contributed by atoms with Crippen molar-refractivity contribution in [1.29, 1.82) is 0 Å². The van der Waals surface area contributed by atoms with Gasteiger partial charge in [-0.3, -0.25) is 4.79 Å². The van der Waals surface area contributed by atoms with E-state index >= 15 is 0 Å². The van der Waals surface area contributed by atoms with Crippen molar-refractivity contribution in [3.8, 4) is 0 Å². The zero-order chi connectivity index (χ0) is 17.3. The highest BCUT2D eigenvalue weighted by molar-refractivity contribution is 7.88. The van der Waals surface area contributed by atoms with Gasteiger partial charge in [-0.25, -0.2) is 8.42 Å². The Labute approximate surface area is 142 Å². The van der Waals surface area contributed by atoms with Crippen LogP contribution in [-0.4, -0.2) is 58.2 Å². The Balaban J connectivity index is 2.33. The number of nitrogens with one attached hydrogen (secondary N) is 1. The Morgan fingerprint density at radius 2 is 1.91 bits per heavy atom. The van der Waals surface area contributed by atoms with E-state index < -0.39 is 10.0 Å². The second-order valence-electron chi connectivity index (χ2n) is 5.13. The molecular weight excluding hydrogens is 340 g/mol. The summed E-state index contributed by atoms with van der Waals surface area (Å²) >= 11 is 5.81. The number of rotatable bonds is 10. The first-order chi connectivity index (χ1) is 10.8. The van der Waals surface area contributed by atoms with Crippen molar-refractivity contribution in [2.45, 2.75) is 12.8 Å². The van der Waals surface area contributed by atoms with Gasteiger partial charge in [0.05, 0.1) is 12.9 Å². The summed E-state index contributed by atoms with van der Waals surface area (Å²) in [6.45, 7) is 1.19. The van der Waals surface area contributed by atoms with Gasteiger partial charge in [-0.05, 0) is 24.1 Å². The molecule has 0 saturated heterocycles. The van der Waals surface area contributed by atoms with E-state index in [4.69, 9.17) is 16.3 Å². The van der Waals surface area contributed by atoms with Crippen LogP contribution in [0.5, 0.6) is 0 Å². The van der Waals surface area contributed by atoms with E-state index in [0.717, 1.165) is 11.8 Å². The highest BCUT2D eigenvalue weighted by Crippen LogP contribution is 2.09. The number of sulfonamides is 1. The number of halogens is 1. The van der Waals surface area contributed by atoms with E-state index in [-0.39, 0.29) is 25.4 Å². The van der Waals surface area contributed by atoms with Gasteiger partial charge in [0.15, 0.2) is 0 Å². The van der Waals surface area contributed by atoms with Crippen LogP contribution < -0.4 is 5.32 Å². The van der Waals surface area contributed by atoms with Crippen molar-refractivity contribution in [1.82, 2.24) is 9.62 Å². The average molecular weight is 363 g/mol. The lowest BCUT2D eigenvalue weighted by atomic mass is 10.1. The Morgan fingerprint density at radius 3 is 2.48 bits per heavy atom. The number of carbonyl (C=O) groups excluding carboxylic acids is 1. The number of hydrogen-bond acceptors (Lipinski definition) is 4. The lowest BCUT2D eigenvalue weighted by Gasteiger charge is -2.19. The zero-order valence-corrected chi connectivity index (χ0v) is 15.0. The van der Waals surface area contributed by atoms with Crippen LogP contribution in [0.3, 0.4) is 0 Å². The average Bonchev–Trinajstić information content (AvgIpc) is 2.48. The predicted octanol–water partition coefficient (Wildman–Crippen LogP) is 1.30. The van der Waals surface area contributed by atoms with Crippen LogP contribution >= 0.6 is 11.6 Å². The minimum Gasteiger partial charge on any atom is -0.383 e. The highest BCUT2D eigenvalue weighted by atomic mass is 35.5. The Bertz CT molecular complexity index is 590. The van der Waals surface area contributed by atoms with Gasteiger partial charge in [0.1, 0.15) is 0 Å². The first-order valence-electron chi connectivity index (χ1n) is 7.28. The molecule has 0 atom stereocenters. The molecule has 0 spiro atoms. The molecule has 0 fully saturated rings. The topological polar surface area (TPSA) is 75.7 Å². The van der Waals surface area contributed by atoms with Crippen LogP contribution in [0.1, 0.15) is 12.0 Å². The van der Waals surface area contributed by atoms with E-state index in [9.17, 15) is 13.2 Å². The van der Waals surface area contributed by atoms with Crippen molar-refractivity contribution in [3.63, 3.8) is 0 Å². The summed E-state index contributed by atoms with van der Waals surface area (Å²) in [6, 6.07) is 7.42. The molecule has 0 heterocycles. The van der Waals surface area contributed by atoms with Crippen LogP contribution in [0, 0.1) is 0 Å². The molecule has 8 heteroatoms. The molecule has 1 amide bonds. The zero-order valence-electron chi connectivity index (χ0n) is 13.4. The maximum atomic E-state index is 11.8. The Kier molecular flexibility index (Phi) is 8.54. The third-order valence-electron chi connectivity index (χ3n) is 3.25. The molecule has 1 aromatic carbocycles. The monoisotopic (exact) mass is 362 g/mol. The third kappa shape index (κ3) is 8.31. The molecule has 1 rings (SSSR count). The van der Waals surface area contributed by atoms with E-state index in [1.165, 1.54) is 11.4 Å². The van der Waals surface area contributed by atoms with Crippen molar-refractivity contribution in [2.75, 3.05) is 39.6 Å². The number of ether oxygens (including phenoxy) is 1. The summed E-state index contributed by atoms with van der Waals surface area (Å²) in [7, 11) is -1.84. The molecule has 1 aromatic rings. The molecule has 1 N–H and O–H groups in total. The fourth-order valence-electron chi connectivity index (χ4n) is 1.95. The van der Waals surface area contributed by atoms with Crippen molar-refractivity contribution >= 4 is 27.5 Å². The Hall–Kier alpha value is -1.15. The summed E-state index contributed by atoms with van der Waals surface area (Å²) in [6.07, 6.45) is 1.95. The van der Waals surface area contributed by atoms with Crippen molar-refractivity contribution < 1.29 is 17.9 Å². The van der Waals surface area contributed by atoms with Crippen molar-refractivity contribution in [3.05, 3.63) is 34.9 Å². The molecule has 0 aliphatic rings. The largest absolute Gasteiger partial charge is 0.383 e. The lowest BCUT2D eigenvalue weighted by molar-refractivity contribution is -0.121. The van der Waals surface area contributed by atoms with E-state index in [1.807, 2.05) is 12.1 Å². The third-order valence-corrected chi connectivity index (χ3v) is 4.81. The number of carbonyl (C=O) groups is 1. The number of methoxy groups -OCH3 is 1. The summed E-state index contributed by atoms with van der Waals surface area (Å²) in [4.78, 5) is 11.8. The van der Waals surface area contributed by atoms with Gasteiger partial charge in [0.25, 0.3) is 0 Å². The molecular formula is C15H23ClN2O4S. The van der Waals surface area contributed by atoms with E-state index in [2.05, 4.69) is 5.32 Å². The first kappa shape index (κ1) is 19.9. The van der Waals surface area contributed by atoms with Crippen LogP contribution in [0.25, 0.3) is 0 Å². The normalized spacial score (nSPS) is 11.7. The number of nitrogens with zero attached hydrogens (tertiary/aromatic N) is 1. The maximum Gasteiger partial charge on any atom is 0.221 e. The molecule has 23 heavy (non-hydrogen) atoms. The van der Waals surface area contributed by atoms with Gasteiger partial charge >= 0.3 is 0 Å². The quantitative estimate of drug-likeness (QED) is 0.680. The fourth-order valence-corrected chi connectivity index (χ4v) is 2.90. The van der Waals surface area contributed by atoms with Gasteiger partial charge < -0.3 is 10.1 Å². The van der Waals surface area contributed by atoms with E-state index in [1.54, 1.807) is 12.1 Å². The Morgan fingerprint density at radius 1 is 1.26 bits per heavy atom. The second-order valence-corrected chi connectivity index (χ2v) is 7.55. The highest BCUT2D eigenvalue weighted by Gasteiger charge is 2.17. The first-order valence-corrected chi connectivity index (χ1v) is 9.50. The lowest BCUT2D eigenvalue weighted by Crippen LogP contribution is -2.37. The summed E-state index contributed by atoms with van der Waals surface area (Å²) in [5.41, 5.74) is 1.08. The molecule has 130 valence electrons. The SMILES string of the molecule is COCCN(CCC(=O)NCCc1ccc(Cl)cc1)S(C)(=O)=O. The molecule has 0 aromatic heterocycles. The summed E-state index contributed by atoms with van der Waals surface area (Å²) in [5, 5.41) is 3.46. The molecule has 0 aliphatic heterocycles. The molecule has 0 unspecified atom stereocenters. The second kappa shape index (κ2) is 9.87. The summed E-state index contributed by atoms with van der Waals surface area (Å²) in [5.74, 6) is -0.176. The molecule has 0 radical (unpaired) electrons. The maximum absolute atomic E-state index is 11.8. The van der Waals surface area contributed by atoms with Crippen LogP contribution in [0.4, 0.5) is 0 Å². The number of amides is 1. The van der Waals surface area contributed by atoms with Gasteiger partial charge in [-0.2, -0.15) is 4.31 Å². The van der Waals surface area contributed by atoms with E-state index in [0.29, 0.717) is 24.6 Å². The smallest absolute Gasteiger partial charge is 0.221 e. The minimum atomic E-state index is -3.34. The number of hydrogen-bond donors (Lipinski definition) is 1. The van der Waals surface area contributed by atoms with Crippen LogP contribution in [0.2, 0.25) is 5.02 Å². The molecule has 0 saturated carbocycles. The predicted molar refractivity (Wildman–Crippen MR) is 91.1 cm³/mol. The summed E-state index contributed by atoms with van der Waals surface area (Å²) < 4.78 is 29.3. The molecule has 6 nitrogen and oxygen atoms in total. The standard InChI is InChI=1S/C15H23ClN2O4S/c1-22-12-11-18(23(2,20)21)10-8-15(19)17-9-7-13-3-5-14(16)6-4-13/h3-6H,7-12H2,1-2H3,(H,17,19). The molecule has 0 aliphatic carbocycles.